The summed E-state index contributed by atoms with van der Waals surface area (Å²) in [6, 6.07) is 6.59. The van der Waals surface area contributed by atoms with Gasteiger partial charge in [-0.1, -0.05) is 0 Å². The first-order valence-electron chi connectivity index (χ1n) is 8.41. The summed E-state index contributed by atoms with van der Waals surface area (Å²) >= 11 is 0. The highest BCUT2D eigenvalue weighted by atomic mass is 32.2. The summed E-state index contributed by atoms with van der Waals surface area (Å²) < 4.78 is 27.4. The highest BCUT2D eigenvalue weighted by molar-refractivity contribution is 7.89. The Labute approximate surface area is 150 Å². The summed E-state index contributed by atoms with van der Waals surface area (Å²) in [6.45, 7) is 1.57. The molecule has 0 unspecified atom stereocenters. The summed E-state index contributed by atoms with van der Waals surface area (Å²) in [5.74, 6) is -0.0793. The summed E-state index contributed by atoms with van der Waals surface area (Å²) in [5, 5.41) is 0. The molecule has 1 amide bonds. The van der Waals surface area contributed by atoms with Gasteiger partial charge in [-0.15, -0.1) is 0 Å². The van der Waals surface area contributed by atoms with E-state index in [1.54, 1.807) is 41.6 Å². The van der Waals surface area contributed by atoms with Crippen LogP contribution in [0.1, 0.15) is 16.8 Å². The van der Waals surface area contributed by atoms with Crippen LogP contribution in [0.25, 0.3) is 11.0 Å². The van der Waals surface area contributed by atoms with E-state index >= 15 is 0 Å². The number of sulfonamides is 1. The van der Waals surface area contributed by atoms with Crippen molar-refractivity contribution in [3.63, 3.8) is 0 Å². The molecule has 3 heterocycles. The SMILES string of the molecule is O=C(c1cc[nH]c1)N1CCCN(S(=O)(=O)c2ccc3nc[nH]c3c2)CC1. The number of benzene rings is 1. The first-order valence-corrected chi connectivity index (χ1v) is 9.85. The molecule has 0 radical (unpaired) electrons. The molecule has 0 atom stereocenters. The van der Waals surface area contributed by atoms with Gasteiger partial charge in [0.25, 0.3) is 5.91 Å². The number of hydrogen-bond donors (Lipinski definition) is 2. The molecule has 26 heavy (non-hydrogen) atoms. The highest BCUT2D eigenvalue weighted by Crippen LogP contribution is 2.21. The third-order valence-electron chi connectivity index (χ3n) is 4.62. The number of aromatic nitrogens is 3. The van der Waals surface area contributed by atoms with Crippen molar-refractivity contribution in [1.82, 2.24) is 24.2 Å². The Bertz CT molecular complexity index is 1030. The van der Waals surface area contributed by atoms with E-state index in [4.69, 9.17) is 0 Å². The van der Waals surface area contributed by atoms with E-state index < -0.39 is 10.0 Å². The molecular weight excluding hydrogens is 354 g/mol. The lowest BCUT2D eigenvalue weighted by atomic mass is 10.3. The second kappa shape index (κ2) is 6.58. The Balaban J connectivity index is 1.53. The van der Waals surface area contributed by atoms with Gasteiger partial charge >= 0.3 is 0 Å². The van der Waals surface area contributed by atoms with Gasteiger partial charge in [-0.25, -0.2) is 13.4 Å². The van der Waals surface area contributed by atoms with E-state index in [-0.39, 0.29) is 17.3 Å². The first-order chi connectivity index (χ1) is 12.6. The number of carbonyl (C=O) groups excluding carboxylic acids is 1. The third kappa shape index (κ3) is 2.99. The maximum absolute atomic E-state index is 13.0. The molecule has 2 N–H and O–H groups in total. The van der Waals surface area contributed by atoms with Crippen molar-refractivity contribution in [2.75, 3.05) is 26.2 Å². The quantitative estimate of drug-likeness (QED) is 0.725. The number of nitrogens with one attached hydrogen (secondary N) is 2. The van der Waals surface area contributed by atoms with E-state index in [1.165, 1.54) is 10.6 Å². The van der Waals surface area contributed by atoms with Crippen LogP contribution in [0.15, 0.2) is 47.9 Å². The van der Waals surface area contributed by atoms with Gasteiger partial charge < -0.3 is 14.9 Å². The standard InChI is InChI=1S/C17H19N5O3S/c23-17(13-4-5-18-11-13)21-6-1-7-22(9-8-21)26(24,25)14-2-3-15-16(10-14)20-12-19-15/h2-5,10-12,18H,1,6-9H2,(H,19,20). The minimum absolute atomic E-state index is 0.0793. The van der Waals surface area contributed by atoms with Gasteiger partial charge in [-0.3, -0.25) is 4.79 Å². The van der Waals surface area contributed by atoms with Gasteiger partial charge in [0, 0.05) is 38.6 Å². The van der Waals surface area contributed by atoms with Crippen LogP contribution >= 0.6 is 0 Å². The topological polar surface area (TPSA) is 102 Å². The zero-order valence-electron chi connectivity index (χ0n) is 14.1. The van der Waals surface area contributed by atoms with Gasteiger partial charge in [-0.2, -0.15) is 4.31 Å². The van der Waals surface area contributed by atoms with E-state index in [2.05, 4.69) is 15.0 Å². The van der Waals surface area contributed by atoms with E-state index in [9.17, 15) is 13.2 Å². The monoisotopic (exact) mass is 373 g/mol. The van der Waals surface area contributed by atoms with Gasteiger partial charge in [0.1, 0.15) is 0 Å². The summed E-state index contributed by atoms with van der Waals surface area (Å²) in [5.41, 5.74) is 2.00. The molecule has 1 aliphatic rings. The lowest BCUT2D eigenvalue weighted by Gasteiger charge is -2.21. The minimum atomic E-state index is -3.62. The molecule has 4 rings (SSSR count). The Morgan fingerprint density at radius 1 is 1.12 bits per heavy atom. The van der Waals surface area contributed by atoms with E-state index in [0.717, 1.165) is 5.52 Å². The number of fused-ring (bicyclic) bond motifs is 1. The number of amides is 1. The average Bonchev–Trinajstić information content (AvgIpc) is 3.27. The number of hydrogen-bond acceptors (Lipinski definition) is 4. The van der Waals surface area contributed by atoms with Gasteiger partial charge in [0.2, 0.25) is 10.0 Å². The summed E-state index contributed by atoms with van der Waals surface area (Å²) in [6.07, 6.45) is 5.49. The van der Waals surface area contributed by atoms with Gasteiger partial charge in [-0.05, 0) is 30.7 Å². The fraction of sp³-hybridized carbons (Fsp3) is 0.294. The second-order valence-corrected chi connectivity index (χ2v) is 8.17. The molecule has 3 aromatic rings. The molecule has 1 saturated heterocycles. The Morgan fingerprint density at radius 2 is 2.00 bits per heavy atom. The molecule has 136 valence electrons. The van der Waals surface area contributed by atoms with Crippen LogP contribution in [0, 0.1) is 0 Å². The second-order valence-electron chi connectivity index (χ2n) is 6.23. The van der Waals surface area contributed by atoms with Gasteiger partial charge in [0.15, 0.2) is 0 Å². The third-order valence-corrected chi connectivity index (χ3v) is 6.51. The zero-order valence-corrected chi connectivity index (χ0v) is 14.9. The van der Waals surface area contributed by atoms with Crippen LogP contribution in [0.5, 0.6) is 0 Å². The summed E-state index contributed by atoms with van der Waals surface area (Å²) in [4.78, 5) is 24.3. The van der Waals surface area contributed by atoms with Crippen molar-refractivity contribution in [2.24, 2.45) is 0 Å². The predicted octanol–water partition coefficient (Wildman–Crippen LogP) is 1.43. The fourth-order valence-corrected chi connectivity index (χ4v) is 4.70. The molecule has 0 bridgehead atoms. The molecular formula is C17H19N5O3S. The fourth-order valence-electron chi connectivity index (χ4n) is 3.20. The minimum Gasteiger partial charge on any atom is -0.367 e. The number of aromatic amines is 2. The van der Waals surface area contributed by atoms with Crippen molar-refractivity contribution < 1.29 is 13.2 Å². The zero-order chi connectivity index (χ0) is 18.1. The van der Waals surface area contributed by atoms with E-state index in [1.807, 2.05) is 0 Å². The smallest absolute Gasteiger partial charge is 0.255 e. The van der Waals surface area contributed by atoms with Crippen molar-refractivity contribution in [2.45, 2.75) is 11.3 Å². The number of rotatable bonds is 3. The first kappa shape index (κ1) is 16.8. The number of imidazole rings is 1. The molecule has 1 aliphatic heterocycles. The van der Waals surface area contributed by atoms with Gasteiger partial charge in [0.05, 0.1) is 27.8 Å². The number of H-pyrrole nitrogens is 2. The van der Waals surface area contributed by atoms with Crippen molar-refractivity contribution in [3.8, 4) is 0 Å². The van der Waals surface area contributed by atoms with Crippen LogP contribution in [-0.4, -0.2) is 64.7 Å². The lowest BCUT2D eigenvalue weighted by molar-refractivity contribution is 0.0764. The molecule has 0 spiro atoms. The molecule has 1 aromatic carbocycles. The average molecular weight is 373 g/mol. The maximum atomic E-state index is 13.0. The molecule has 2 aromatic heterocycles. The van der Waals surface area contributed by atoms with Crippen molar-refractivity contribution in [1.29, 1.82) is 0 Å². The Kier molecular flexibility index (Phi) is 4.25. The normalized spacial score (nSPS) is 16.7. The van der Waals surface area contributed by atoms with Crippen LogP contribution in [0.3, 0.4) is 0 Å². The number of nitrogens with zero attached hydrogens (tertiary/aromatic N) is 3. The van der Waals surface area contributed by atoms with Crippen molar-refractivity contribution in [3.05, 3.63) is 48.5 Å². The number of carbonyl (C=O) groups is 1. The molecule has 0 saturated carbocycles. The largest absolute Gasteiger partial charge is 0.367 e. The van der Waals surface area contributed by atoms with Crippen LogP contribution in [-0.2, 0) is 10.0 Å². The highest BCUT2D eigenvalue weighted by Gasteiger charge is 2.29. The van der Waals surface area contributed by atoms with Crippen LogP contribution in [0.4, 0.5) is 0 Å². The Hall–Kier alpha value is -2.65. The Morgan fingerprint density at radius 3 is 2.81 bits per heavy atom. The predicted molar refractivity (Wildman–Crippen MR) is 96.2 cm³/mol. The van der Waals surface area contributed by atoms with Crippen LogP contribution in [0.2, 0.25) is 0 Å². The van der Waals surface area contributed by atoms with E-state index in [0.29, 0.717) is 37.1 Å². The lowest BCUT2D eigenvalue weighted by Crippen LogP contribution is -2.37. The maximum Gasteiger partial charge on any atom is 0.255 e. The van der Waals surface area contributed by atoms with Crippen LogP contribution < -0.4 is 0 Å². The molecule has 9 heteroatoms. The molecule has 1 fully saturated rings. The molecule has 8 nitrogen and oxygen atoms in total. The summed E-state index contributed by atoms with van der Waals surface area (Å²) in [7, 11) is -3.62. The van der Waals surface area contributed by atoms with Crippen molar-refractivity contribution >= 4 is 27.0 Å². The molecule has 0 aliphatic carbocycles.